The molecule has 2 atom stereocenters. The van der Waals surface area contributed by atoms with E-state index in [1.807, 2.05) is 59.1 Å². The van der Waals surface area contributed by atoms with Gasteiger partial charge in [-0.15, -0.1) is 0 Å². The lowest BCUT2D eigenvalue weighted by molar-refractivity contribution is 0.0697. The zero-order valence-corrected chi connectivity index (χ0v) is 15.4. The van der Waals surface area contributed by atoms with Crippen LogP contribution in [-0.2, 0) is 0 Å². The van der Waals surface area contributed by atoms with E-state index in [9.17, 15) is 9.90 Å². The van der Waals surface area contributed by atoms with Gasteiger partial charge in [-0.25, -0.2) is 4.79 Å². The molecule has 3 aromatic rings. The molecular formula is C20H18N4O2S. The van der Waals surface area contributed by atoms with Crippen LogP contribution in [0.4, 0.5) is 0 Å². The molecular weight excluding hydrogens is 360 g/mol. The van der Waals surface area contributed by atoms with Gasteiger partial charge in [-0.3, -0.25) is 4.98 Å². The third kappa shape index (κ3) is 3.06. The van der Waals surface area contributed by atoms with Crippen LogP contribution >= 0.6 is 12.2 Å². The van der Waals surface area contributed by atoms with Crippen LogP contribution in [-0.4, -0.2) is 37.7 Å². The number of pyridine rings is 1. The number of aromatic carboxylic acids is 1. The number of carboxylic acids is 1. The van der Waals surface area contributed by atoms with Gasteiger partial charge in [0.25, 0.3) is 0 Å². The summed E-state index contributed by atoms with van der Waals surface area (Å²) in [6, 6.07) is 16.5. The van der Waals surface area contributed by atoms with E-state index in [-0.39, 0.29) is 17.6 Å². The molecule has 0 amide bonds. The second kappa shape index (κ2) is 6.85. The highest BCUT2D eigenvalue weighted by molar-refractivity contribution is 7.80. The molecule has 1 saturated heterocycles. The van der Waals surface area contributed by atoms with Crippen LogP contribution < -0.4 is 5.32 Å². The van der Waals surface area contributed by atoms with Crippen molar-refractivity contribution in [1.29, 1.82) is 0 Å². The maximum absolute atomic E-state index is 11.3. The number of benzene rings is 1. The minimum atomic E-state index is -0.947. The second-order valence-electron chi connectivity index (χ2n) is 6.40. The number of hydrogen-bond acceptors (Lipinski definition) is 3. The molecule has 3 heterocycles. The van der Waals surface area contributed by atoms with E-state index in [2.05, 4.69) is 10.3 Å². The molecule has 1 aromatic carbocycles. The smallest absolute Gasteiger partial charge is 0.335 e. The number of likely N-dealkylation sites (N-methyl/N-ethyl adjacent to an activating group) is 1. The molecule has 0 aliphatic carbocycles. The van der Waals surface area contributed by atoms with Gasteiger partial charge in [-0.2, -0.15) is 0 Å². The monoisotopic (exact) mass is 378 g/mol. The van der Waals surface area contributed by atoms with Crippen LogP contribution in [0, 0.1) is 0 Å². The van der Waals surface area contributed by atoms with Crippen LogP contribution in [0.5, 0.6) is 0 Å². The molecule has 1 aliphatic rings. The Labute approximate surface area is 162 Å². The molecule has 0 saturated carbocycles. The average molecular weight is 378 g/mol. The molecule has 2 N–H and O–H groups in total. The number of aromatic nitrogens is 2. The fourth-order valence-corrected chi connectivity index (χ4v) is 3.73. The molecule has 1 aliphatic heterocycles. The lowest BCUT2D eigenvalue weighted by Gasteiger charge is -2.25. The Kier molecular flexibility index (Phi) is 4.37. The summed E-state index contributed by atoms with van der Waals surface area (Å²) in [5.74, 6) is -0.947. The molecule has 0 radical (unpaired) electrons. The quantitative estimate of drug-likeness (QED) is 0.680. The zero-order chi connectivity index (χ0) is 19.0. The average Bonchev–Trinajstić information content (AvgIpc) is 3.27. The Morgan fingerprint density at radius 1 is 1.19 bits per heavy atom. The number of carbonyl (C=O) groups is 1. The van der Waals surface area contributed by atoms with Gasteiger partial charge < -0.3 is 19.9 Å². The molecule has 7 heteroatoms. The maximum Gasteiger partial charge on any atom is 0.335 e. The summed E-state index contributed by atoms with van der Waals surface area (Å²) in [5, 5.41) is 13.3. The maximum atomic E-state index is 11.3. The Bertz CT molecular complexity index is 1000. The van der Waals surface area contributed by atoms with Gasteiger partial charge in [-0.05, 0) is 54.7 Å². The first-order valence-electron chi connectivity index (χ1n) is 8.51. The zero-order valence-electron chi connectivity index (χ0n) is 14.6. The molecule has 1 fully saturated rings. The predicted molar refractivity (Wildman–Crippen MR) is 106 cm³/mol. The molecule has 136 valence electrons. The minimum Gasteiger partial charge on any atom is -0.478 e. The summed E-state index contributed by atoms with van der Waals surface area (Å²) in [6.07, 6.45) is 3.70. The fourth-order valence-electron chi connectivity index (χ4n) is 3.49. The normalized spacial score (nSPS) is 19.1. The largest absolute Gasteiger partial charge is 0.478 e. The first-order chi connectivity index (χ1) is 13.1. The van der Waals surface area contributed by atoms with Crippen molar-refractivity contribution in [1.82, 2.24) is 19.8 Å². The molecule has 0 unspecified atom stereocenters. The number of hydrogen-bond donors (Lipinski definition) is 2. The standard InChI is InChI=1S/C20H18N4O2S/c1-23-18(17(22-20(23)27)15-8-2-3-10-21-15)16-9-5-11-24(16)14-7-4-6-13(12-14)19(25)26/h2-12,17-18H,1H3,(H,22,27)(H,25,26)/t17-,18+/m0/s1. The minimum absolute atomic E-state index is 0.0733. The van der Waals surface area contributed by atoms with Crippen molar-refractivity contribution in [3.63, 3.8) is 0 Å². The van der Waals surface area contributed by atoms with E-state index in [4.69, 9.17) is 12.2 Å². The van der Waals surface area contributed by atoms with Crippen molar-refractivity contribution >= 4 is 23.3 Å². The van der Waals surface area contributed by atoms with E-state index < -0.39 is 5.97 Å². The highest BCUT2D eigenvalue weighted by Gasteiger charge is 2.39. The van der Waals surface area contributed by atoms with Gasteiger partial charge in [0.1, 0.15) is 0 Å². The summed E-state index contributed by atoms with van der Waals surface area (Å²) in [4.78, 5) is 17.9. The molecule has 0 spiro atoms. The third-order valence-electron chi connectivity index (χ3n) is 4.79. The Hall–Kier alpha value is -3.19. The molecule has 27 heavy (non-hydrogen) atoms. The predicted octanol–water partition coefficient (Wildman–Crippen LogP) is 3.17. The van der Waals surface area contributed by atoms with Crippen molar-refractivity contribution in [2.45, 2.75) is 12.1 Å². The van der Waals surface area contributed by atoms with E-state index in [1.54, 1.807) is 24.4 Å². The van der Waals surface area contributed by atoms with E-state index in [0.717, 1.165) is 17.1 Å². The topological polar surface area (TPSA) is 70.4 Å². The van der Waals surface area contributed by atoms with E-state index in [1.165, 1.54) is 0 Å². The summed E-state index contributed by atoms with van der Waals surface area (Å²) in [7, 11) is 1.95. The van der Waals surface area contributed by atoms with Crippen molar-refractivity contribution in [2.75, 3.05) is 7.05 Å². The van der Waals surface area contributed by atoms with Gasteiger partial charge in [0.05, 0.1) is 23.3 Å². The van der Waals surface area contributed by atoms with Gasteiger partial charge in [-0.1, -0.05) is 12.1 Å². The van der Waals surface area contributed by atoms with Gasteiger partial charge in [0.2, 0.25) is 0 Å². The van der Waals surface area contributed by atoms with E-state index >= 15 is 0 Å². The lowest BCUT2D eigenvalue weighted by Crippen LogP contribution is -2.25. The van der Waals surface area contributed by atoms with Crippen LogP contribution in [0.15, 0.2) is 67.0 Å². The van der Waals surface area contributed by atoms with Gasteiger partial charge >= 0.3 is 5.97 Å². The molecule has 4 rings (SSSR count). The summed E-state index contributed by atoms with van der Waals surface area (Å²) < 4.78 is 2.00. The van der Waals surface area contributed by atoms with Crippen LogP contribution in [0.1, 0.15) is 33.8 Å². The van der Waals surface area contributed by atoms with Crippen molar-refractivity contribution in [3.8, 4) is 5.69 Å². The molecule has 6 nitrogen and oxygen atoms in total. The lowest BCUT2D eigenvalue weighted by atomic mass is 10.0. The van der Waals surface area contributed by atoms with Crippen molar-refractivity contribution in [3.05, 3.63) is 83.9 Å². The number of nitrogens with zero attached hydrogens (tertiary/aromatic N) is 3. The number of rotatable bonds is 4. The van der Waals surface area contributed by atoms with Crippen molar-refractivity contribution < 1.29 is 9.90 Å². The SMILES string of the molecule is CN1C(=S)N[C@@H](c2ccccn2)[C@H]1c1cccn1-c1cccc(C(=O)O)c1. The third-order valence-corrected chi connectivity index (χ3v) is 5.20. The van der Waals surface area contributed by atoms with Gasteiger partial charge in [0.15, 0.2) is 5.11 Å². The number of thiocarbonyl (C=S) groups is 1. The Morgan fingerprint density at radius 3 is 2.78 bits per heavy atom. The summed E-state index contributed by atoms with van der Waals surface area (Å²) in [5.41, 5.74) is 2.95. The van der Waals surface area contributed by atoms with Crippen LogP contribution in [0.2, 0.25) is 0 Å². The molecule has 2 aromatic heterocycles. The highest BCUT2D eigenvalue weighted by atomic mass is 32.1. The van der Waals surface area contributed by atoms with Crippen LogP contribution in [0.3, 0.4) is 0 Å². The van der Waals surface area contributed by atoms with Gasteiger partial charge in [0, 0.05) is 30.8 Å². The molecule has 0 bridgehead atoms. The van der Waals surface area contributed by atoms with Crippen LogP contribution in [0.25, 0.3) is 5.69 Å². The summed E-state index contributed by atoms with van der Waals surface area (Å²) >= 11 is 5.48. The van der Waals surface area contributed by atoms with Crippen molar-refractivity contribution in [2.24, 2.45) is 0 Å². The first-order valence-corrected chi connectivity index (χ1v) is 8.92. The Balaban J connectivity index is 1.79. The second-order valence-corrected chi connectivity index (χ2v) is 6.78. The first kappa shape index (κ1) is 17.2. The number of nitrogens with one attached hydrogen (secondary N) is 1. The summed E-state index contributed by atoms with van der Waals surface area (Å²) in [6.45, 7) is 0. The Morgan fingerprint density at radius 2 is 2.04 bits per heavy atom. The number of carboxylic acid groups (broad SMARTS) is 1. The highest BCUT2D eigenvalue weighted by Crippen LogP contribution is 2.38. The van der Waals surface area contributed by atoms with E-state index in [0.29, 0.717) is 5.11 Å². The fraction of sp³-hybridized carbons (Fsp3) is 0.150.